The normalized spacial score (nSPS) is 14.2. The van der Waals surface area contributed by atoms with Crippen LogP contribution in [0.3, 0.4) is 0 Å². The SMILES string of the molecule is CC(C)C(=O)c1ccc(C(O)C(O)CCNC(=O)OCC2c3ccccc3-c3ccccc32)cc1. The number of ketones is 1. The summed E-state index contributed by atoms with van der Waals surface area (Å²) in [4.78, 5) is 24.4. The number of rotatable bonds is 9. The van der Waals surface area contributed by atoms with Gasteiger partial charge in [-0.2, -0.15) is 0 Å². The second kappa shape index (κ2) is 10.8. The van der Waals surface area contributed by atoms with Gasteiger partial charge < -0.3 is 20.3 Å². The largest absolute Gasteiger partial charge is 0.449 e. The van der Waals surface area contributed by atoms with Crippen LogP contribution in [0.4, 0.5) is 4.79 Å². The second-order valence-electron chi connectivity index (χ2n) is 9.19. The van der Waals surface area contributed by atoms with Gasteiger partial charge in [0.2, 0.25) is 0 Å². The number of aliphatic hydroxyl groups excluding tert-OH is 2. The molecule has 4 rings (SSSR count). The molecule has 1 aliphatic rings. The van der Waals surface area contributed by atoms with Crippen molar-refractivity contribution in [3.8, 4) is 11.1 Å². The summed E-state index contributed by atoms with van der Waals surface area (Å²) in [5.74, 6) is -0.106. The highest BCUT2D eigenvalue weighted by Gasteiger charge is 2.29. The number of carbonyl (C=O) groups is 2. The number of Topliss-reactive ketones (excluding diaryl/α,β-unsaturated/α-hetero) is 1. The molecular formula is C29H31NO5. The van der Waals surface area contributed by atoms with Gasteiger partial charge in [-0.1, -0.05) is 86.6 Å². The minimum absolute atomic E-state index is 0.0221. The third-order valence-corrected chi connectivity index (χ3v) is 6.48. The average molecular weight is 474 g/mol. The summed E-state index contributed by atoms with van der Waals surface area (Å²) in [6.07, 6.45) is -2.61. The van der Waals surface area contributed by atoms with E-state index >= 15 is 0 Å². The third-order valence-electron chi connectivity index (χ3n) is 6.48. The van der Waals surface area contributed by atoms with Gasteiger partial charge in [0.25, 0.3) is 0 Å². The zero-order chi connectivity index (χ0) is 24.9. The Balaban J connectivity index is 1.26. The van der Waals surface area contributed by atoms with Gasteiger partial charge in [0.1, 0.15) is 12.7 Å². The summed E-state index contributed by atoms with van der Waals surface area (Å²) in [5, 5.41) is 23.5. The molecule has 3 aromatic carbocycles. The van der Waals surface area contributed by atoms with Gasteiger partial charge >= 0.3 is 6.09 Å². The van der Waals surface area contributed by atoms with Crippen molar-refractivity contribution >= 4 is 11.9 Å². The zero-order valence-corrected chi connectivity index (χ0v) is 20.0. The summed E-state index contributed by atoms with van der Waals surface area (Å²) < 4.78 is 5.50. The van der Waals surface area contributed by atoms with E-state index in [1.54, 1.807) is 24.3 Å². The molecule has 0 saturated heterocycles. The van der Waals surface area contributed by atoms with Crippen molar-refractivity contribution in [2.45, 2.75) is 38.4 Å². The van der Waals surface area contributed by atoms with E-state index in [-0.39, 0.29) is 37.2 Å². The van der Waals surface area contributed by atoms with Crippen LogP contribution in [0.5, 0.6) is 0 Å². The first-order chi connectivity index (χ1) is 16.9. The van der Waals surface area contributed by atoms with Crippen LogP contribution in [0, 0.1) is 5.92 Å². The smallest absolute Gasteiger partial charge is 0.407 e. The predicted octanol–water partition coefficient (Wildman–Crippen LogP) is 4.85. The number of amides is 1. The van der Waals surface area contributed by atoms with Crippen LogP contribution in [-0.2, 0) is 4.74 Å². The van der Waals surface area contributed by atoms with Crippen LogP contribution in [-0.4, -0.2) is 41.3 Å². The Hall–Kier alpha value is -3.48. The molecule has 0 radical (unpaired) electrons. The van der Waals surface area contributed by atoms with Crippen molar-refractivity contribution in [3.63, 3.8) is 0 Å². The number of carbonyl (C=O) groups excluding carboxylic acids is 2. The van der Waals surface area contributed by atoms with Crippen molar-refractivity contribution < 1.29 is 24.5 Å². The van der Waals surface area contributed by atoms with Crippen LogP contribution in [0.1, 0.15) is 59.3 Å². The van der Waals surface area contributed by atoms with Crippen molar-refractivity contribution in [3.05, 3.63) is 95.1 Å². The molecular weight excluding hydrogens is 442 g/mol. The zero-order valence-electron chi connectivity index (χ0n) is 20.0. The van der Waals surface area contributed by atoms with E-state index in [4.69, 9.17) is 4.74 Å². The Morgan fingerprint density at radius 3 is 2.03 bits per heavy atom. The lowest BCUT2D eigenvalue weighted by Gasteiger charge is -2.19. The molecule has 35 heavy (non-hydrogen) atoms. The van der Waals surface area contributed by atoms with Crippen molar-refractivity contribution in [2.75, 3.05) is 13.2 Å². The van der Waals surface area contributed by atoms with Gasteiger partial charge in [-0.05, 0) is 34.2 Å². The van der Waals surface area contributed by atoms with Crippen molar-refractivity contribution in [1.29, 1.82) is 0 Å². The average Bonchev–Trinajstić information content (AvgIpc) is 3.20. The second-order valence-corrected chi connectivity index (χ2v) is 9.19. The molecule has 6 heteroatoms. The standard InChI is InChI=1S/C29H31NO5/c1-18(2)27(32)19-11-13-20(14-12-19)28(33)26(31)15-16-30-29(34)35-17-25-23-9-5-3-7-21(23)22-8-4-6-10-24(22)25/h3-14,18,25-26,28,31,33H,15-17H2,1-2H3,(H,30,34). The molecule has 3 N–H and O–H groups in total. The Bertz CT molecular complexity index is 1140. The van der Waals surface area contributed by atoms with Crippen LogP contribution in [0.2, 0.25) is 0 Å². The van der Waals surface area contributed by atoms with E-state index in [2.05, 4.69) is 29.6 Å². The Labute approximate surface area is 205 Å². The number of hydrogen-bond acceptors (Lipinski definition) is 5. The maximum Gasteiger partial charge on any atom is 0.407 e. The molecule has 2 atom stereocenters. The molecule has 0 bridgehead atoms. The van der Waals surface area contributed by atoms with Gasteiger partial charge in [0, 0.05) is 23.9 Å². The molecule has 3 aromatic rings. The van der Waals surface area contributed by atoms with Gasteiger partial charge in [-0.3, -0.25) is 4.79 Å². The minimum Gasteiger partial charge on any atom is -0.449 e. The molecule has 0 fully saturated rings. The first-order valence-corrected chi connectivity index (χ1v) is 12.0. The number of fused-ring (bicyclic) bond motifs is 3. The van der Waals surface area contributed by atoms with Gasteiger partial charge in [-0.15, -0.1) is 0 Å². The van der Waals surface area contributed by atoms with Crippen molar-refractivity contribution in [2.24, 2.45) is 5.92 Å². The van der Waals surface area contributed by atoms with Gasteiger partial charge in [-0.25, -0.2) is 4.79 Å². The summed E-state index contributed by atoms with van der Waals surface area (Å²) in [6.45, 7) is 4.03. The first kappa shape index (κ1) is 24.6. The molecule has 2 unspecified atom stereocenters. The molecule has 0 aliphatic heterocycles. The van der Waals surface area contributed by atoms with E-state index in [9.17, 15) is 19.8 Å². The van der Waals surface area contributed by atoms with E-state index in [1.807, 2.05) is 38.1 Å². The fourth-order valence-electron chi connectivity index (χ4n) is 4.53. The highest BCUT2D eigenvalue weighted by Crippen LogP contribution is 2.44. The Morgan fingerprint density at radius 2 is 1.46 bits per heavy atom. The molecule has 0 saturated carbocycles. The fraction of sp³-hybridized carbons (Fsp3) is 0.310. The third kappa shape index (κ3) is 5.45. The van der Waals surface area contributed by atoms with Gasteiger partial charge in [0.05, 0.1) is 6.10 Å². The van der Waals surface area contributed by atoms with E-state index in [1.165, 1.54) is 0 Å². The fourth-order valence-corrected chi connectivity index (χ4v) is 4.53. The van der Waals surface area contributed by atoms with Crippen LogP contribution in [0.25, 0.3) is 11.1 Å². The van der Waals surface area contributed by atoms with Crippen LogP contribution in [0.15, 0.2) is 72.8 Å². The number of alkyl carbamates (subject to hydrolysis) is 1. The van der Waals surface area contributed by atoms with E-state index in [0.717, 1.165) is 22.3 Å². The maximum absolute atomic E-state index is 12.3. The molecule has 0 heterocycles. The summed E-state index contributed by atoms with van der Waals surface area (Å²) in [5.41, 5.74) is 5.69. The molecule has 0 aromatic heterocycles. The molecule has 0 spiro atoms. The maximum atomic E-state index is 12.3. The number of nitrogens with one attached hydrogen (secondary N) is 1. The highest BCUT2D eigenvalue weighted by molar-refractivity contribution is 5.97. The summed E-state index contributed by atoms with van der Waals surface area (Å²) in [7, 11) is 0. The number of benzene rings is 3. The molecule has 182 valence electrons. The quantitative estimate of drug-likeness (QED) is 0.386. The van der Waals surface area contributed by atoms with Crippen LogP contribution >= 0.6 is 0 Å². The summed E-state index contributed by atoms with van der Waals surface area (Å²) >= 11 is 0. The Morgan fingerprint density at radius 1 is 0.886 bits per heavy atom. The molecule has 1 amide bonds. The lowest BCUT2D eigenvalue weighted by molar-refractivity contribution is 0.0136. The number of aliphatic hydroxyl groups is 2. The van der Waals surface area contributed by atoms with E-state index < -0.39 is 18.3 Å². The molecule has 6 nitrogen and oxygen atoms in total. The first-order valence-electron chi connectivity index (χ1n) is 12.0. The van der Waals surface area contributed by atoms with E-state index in [0.29, 0.717) is 11.1 Å². The molecule has 1 aliphatic carbocycles. The minimum atomic E-state index is -1.12. The van der Waals surface area contributed by atoms with Gasteiger partial charge in [0.15, 0.2) is 5.78 Å². The lowest BCUT2D eigenvalue weighted by atomic mass is 9.97. The number of ether oxygens (including phenoxy) is 1. The topological polar surface area (TPSA) is 95.9 Å². The lowest BCUT2D eigenvalue weighted by Crippen LogP contribution is -2.30. The monoisotopic (exact) mass is 473 g/mol. The summed E-state index contributed by atoms with van der Waals surface area (Å²) in [6, 6.07) is 22.9. The Kier molecular flexibility index (Phi) is 7.63. The highest BCUT2D eigenvalue weighted by atomic mass is 16.5. The number of hydrogen-bond donors (Lipinski definition) is 3. The van der Waals surface area contributed by atoms with Crippen LogP contribution < -0.4 is 5.32 Å². The predicted molar refractivity (Wildman–Crippen MR) is 134 cm³/mol. The van der Waals surface area contributed by atoms with Crippen molar-refractivity contribution in [1.82, 2.24) is 5.32 Å².